The number of hydrogen-bond acceptors (Lipinski definition) is 9. The normalized spacial score (nSPS) is 14.5. The highest BCUT2D eigenvalue weighted by atomic mass is 32.1. The average molecular weight is 536 g/mol. The van der Waals surface area contributed by atoms with E-state index in [4.69, 9.17) is 0 Å². The molecule has 1 aromatic carbocycles. The number of benzene rings is 1. The Labute approximate surface area is 215 Å². The maximum Gasteiger partial charge on any atom is 0.405 e. The summed E-state index contributed by atoms with van der Waals surface area (Å²) in [6, 6.07) is 6.84. The van der Waals surface area contributed by atoms with E-state index in [0.717, 1.165) is 16.0 Å². The Balaban J connectivity index is 1.60. The van der Waals surface area contributed by atoms with E-state index in [1.54, 1.807) is 26.2 Å². The first-order chi connectivity index (χ1) is 17.5. The standard InChI is InChI=1S/C24H28F3N7O2S/c1-13-19(22-32-15-6-4-5-7-17(15)37-22)21(33-23(31-13)29-12-24(25,26)27)30-14(2)20(36)16(35)8-9-18-28-10-11-34(18)3/h4-7,10-11,14,16,20,35-36H,8-9,12H2,1-3H3,(H2,29,30,31,33). The van der Waals surface area contributed by atoms with Crippen LogP contribution < -0.4 is 10.6 Å². The van der Waals surface area contributed by atoms with Gasteiger partial charge in [-0.1, -0.05) is 12.1 Å². The van der Waals surface area contributed by atoms with E-state index in [9.17, 15) is 23.4 Å². The lowest BCUT2D eigenvalue weighted by Gasteiger charge is -2.26. The van der Waals surface area contributed by atoms with E-state index < -0.39 is 31.0 Å². The third-order valence-corrected chi connectivity index (χ3v) is 6.95. The minimum atomic E-state index is -4.45. The van der Waals surface area contributed by atoms with E-state index in [1.165, 1.54) is 11.3 Å². The SMILES string of the molecule is Cc1nc(NCC(F)(F)F)nc(NC(C)C(O)C(O)CCc2nccn2C)c1-c1nc2ccccc2s1. The molecular formula is C24H28F3N7O2S. The monoisotopic (exact) mass is 535 g/mol. The van der Waals surface area contributed by atoms with Crippen LogP contribution >= 0.6 is 11.3 Å². The van der Waals surface area contributed by atoms with Crippen LogP contribution in [0.4, 0.5) is 24.9 Å². The number of aromatic nitrogens is 5. The van der Waals surface area contributed by atoms with Gasteiger partial charge in [0.15, 0.2) is 0 Å². The molecule has 4 N–H and O–H groups in total. The van der Waals surface area contributed by atoms with Gasteiger partial charge in [0.05, 0.1) is 39.7 Å². The maximum absolute atomic E-state index is 12.8. The number of fused-ring (bicyclic) bond motifs is 1. The molecule has 13 heteroatoms. The number of halogens is 3. The van der Waals surface area contributed by atoms with Crippen LogP contribution in [0.3, 0.4) is 0 Å². The minimum Gasteiger partial charge on any atom is -0.390 e. The number of para-hydroxylation sites is 1. The molecule has 4 aromatic rings. The van der Waals surface area contributed by atoms with Crippen LogP contribution in [0.15, 0.2) is 36.7 Å². The second-order valence-corrected chi connectivity index (χ2v) is 9.83. The van der Waals surface area contributed by atoms with Gasteiger partial charge < -0.3 is 25.4 Å². The molecule has 0 aliphatic rings. The lowest BCUT2D eigenvalue weighted by Crippen LogP contribution is -2.40. The Morgan fingerprint density at radius 1 is 1.14 bits per heavy atom. The number of imidazole rings is 1. The zero-order chi connectivity index (χ0) is 26.7. The predicted molar refractivity (Wildman–Crippen MR) is 137 cm³/mol. The zero-order valence-corrected chi connectivity index (χ0v) is 21.3. The number of aryl methyl sites for hydroxylation is 3. The number of rotatable bonds is 10. The Bertz CT molecular complexity index is 1320. The van der Waals surface area contributed by atoms with Crippen LogP contribution in [-0.4, -0.2) is 65.7 Å². The van der Waals surface area contributed by atoms with Gasteiger partial charge >= 0.3 is 6.18 Å². The van der Waals surface area contributed by atoms with Crippen molar-refractivity contribution < 1.29 is 23.4 Å². The first-order valence-electron chi connectivity index (χ1n) is 11.7. The molecule has 0 amide bonds. The third kappa shape index (κ3) is 6.53. The van der Waals surface area contributed by atoms with Gasteiger partial charge in [-0.05, 0) is 32.4 Å². The molecule has 3 heterocycles. The number of nitrogens with one attached hydrogen (secondary N) is 2. The first kappa shape index (κ1) is 26.8. The Morgan fingerprint density at radius 3 is 2.57 bits per heavy atom. The fraction of sp³-hybridized carbons (Fsp3) is 0.417. The number of aliphatic hydroxyl groups is 2. The number of thiazole rings is 1. The molecule has 198 valence electrons. The fourth-order valence-corrected chi connectivity index (χ4v) is 4.95. The third-order valence-electron chi connectivity index (χ3n) is 5.90. The highest BCUT2D eigenvalue weighted by Gasteiger charge is 2.29. The number of hydrogen-bond donors (Lipinski definition) is 4. The molecule has 9 nitrogen and oxygen atoms in total. The summed E-state index contributed by atoms with van der Waals surface area (Å²) in [4.78, 5) is 17.4. The minimum absolute atomic E-state index is 0.207. The summed E-state index contributed by atoms with van der Waals surface area (Å²) < 4.78 is 41.2. The summed E-state index contributed by atoms with van der Waals surface area (Å²) in [5.41, 5.74) is 1.70. The van der Waals surface area contributed by atoms with Crippen LogP contribution in [0.1, 0.15) is 24.9 Å². The molecule has 0 fully saturated rings. The number of alkyl halides is 3. The summed E-state index contributed by atoms with van der Waals surface area (Å²) in [5, 5.41) is 27.3. The molecule has 0 saturated carbocycles. The van der Waals surface area contributed by atoms with Crippen LogP contribution in [0, 0.1) is 6.92 Å². The first-order valence-corrected chi connectivity index (χ1v) is 12.5. The van der Waals surface area contributed by atoms with Gasteiger partial charge in [-0.15, -0.1) is 11.3 Å². The maximum atomic E-state index is 12.8. The lowest BCUT2D eigenvalue weighted by molar-refractivity contribution is -0.115. The summed E-state index contributed by atoms with van der Waals surface area (Å²) >= 11 is 1.40. The number of nitrogens with zero attached hydrogens (tertiary/aromatic N) is 5. The average Bonchev–Trinajstić information content (AvgIpc) is 3.45. The van der Waals surface area contributed by atoms with E-state index in [1.807, 2.05) is 35.9 Å². The van der Waals surface area contributed by atoms with Crippen LogP contribution in [-0.2, 0) is 13.5 Å². The Kier molecular flexibility index (Phi) is 7.95. The Hall–Kier alpha value is -3.29. The molecule has 37 heavy (non-hydrogen) atoms. The van der Waals surface area contributed by atoms with Crippen LogP contribution in [0.5, 0.6) is 0 Å². The fourth-order valence-electron chi connectivity index (χ4n) is 3.89. The molecule has 3 atom stereocenters. The van der Waals surface area contributed by atoms with E-state index in [0.29, 0.717) is 22.7 Å². The van der Waals surface area contributed by atoms with Crippen molar-refractivity contribution in [1.29, 1.82) is 0 Å². The molecule has 0 spiro atoms. The summed E-state index contributed by atoms with van der Waals surface area (Å²) in [7, 11) is 1.85. The number of anilines is 2. The summed E-state index contributed by atoms with van der Waals surface area (Å²) in [6.45, 7) is 2.03. The molecule has 0 radical (unpaired) electrons. The van der Waals surface area contributed by atoms with Crippen molar-refractivity contribution in [3.63, 3.8) is 0 Å². The van der Waals surface area contributed by atoms with Crippen molar-refractivity contribution in [2.45, 2.75) is 51.1 Å². The highest BCUT2D eigenvalue weighted by molar-refractivity contribution is 7.21. The van der Waals surface area contributed by atoms with Gasteiger partial charge in [0, 0.05) is 25.9 Å². The van der Waals surface area contributed by atoms with Crippen molar-refractivity contribution >= 4 is 33.3 Å². The largest absolute Gasteiger partial charge is 0.405 e. The van der Waals surface area contributed by atoms with Crippen molar-refractivity contribution in [3.8, 4) is 10.6 Å². The smallest absolute Gasteiger partial charge is 0.390 e. The van der Waals surface area contributed by atoms with Crippen molar-refractivity contribution in [2.24, 2.45) is 7.05 Å². The quantitative estimate of drug-likeness (QED) is 0.241. The van der Waals surface area contributed by atoms with Crippen molar-refractivity contribution in [1.82, 2.24) is 24.5 Å². The van der Waals surface area contributed by atoms with Crippen LogP contribution in [0.25, 0.3) is 20.8 Å². The van der Waals surface area contributed by atoms with Gasteiger partial charge in [-0.25, -0.2) is 15.0 Å². The molecule has 0 aliphatic heterocycles. The van der Waals surface area contributed by atoms with Crippen molar-refractivity contribution in [3.05, 3.63) is 48.2 Å². The van der Waals surface area contributed by atoms with Gasteiger partial charge in [0.25, 0.3) is 0 Å². The molecule has 0 saturated heterocycles. The summed E-state index contributed by atoms with van der Waals surface area (Å²) in [5.74, 6) is 0.773. The van der Waals surface area contributed by atoms with E-state index in [-0.39, 0.29) is 18.2 Å². The second-order valence-electron chi connectivity index (χ2n) is 8.80. The lowest BCUT2D eigenvalue weighted by atomic mass is 10.0. The van der Waals surface area contributed by atoms with E-state index in [2.05, 4.69) is 30.6 Å². The Morgan fingerprint density at radius 2 is 1.89 bits per heavy atom. The molecule has 0 bridgehead atoms. The molecule has 4 rings (SSSR count). The zero-order valence-electron chi connectivity index (χ0n) is 20.5. The molecular weight excluding hydrogens is 507 g/mol. The van der Waals surface area contributed by atoms with Gasteiger partial charge in [0.1, 0.15) is 23.2 Å². The predicted octanol–water partition coefficient (Wildman–Crippen LogP) is 3.92. The molecule has 3 unspecified atom stereocenters. The highest BCUT2D eigenvalue weighted by Crippen LogP contribution is 2.36. The summed E-state index contributed by atoms with van der Waals surface area (Å²) in [6.07, 6.45) is -2.52. The van der Waals surface area contributed by atoms with Gasteiger partial charge in [0.2, 0.25) is 5.95 Å². The van der Waals surface area contributed by atoms with Gasteiger partial charge in [-0.3, -0.25) is 0 Å². The van der Waals surface area contributed by atoms with Crippen LogP contribution in [0.2, 0.25) is 0 Å². The molecule has 3 aromatic heterocycles. The van der Waals surface area contributed by atoms with Crippen molar-refractivity contribution in [2.75, 3.05) is 17.2 Å². The molecule has 0 aliphatic carbocycles. The topological polar surface area (TPSA) is 121 Å². The van der Waals surface area contributed by atoms with E-state index >= 15 is 0 Å². The number of aliphatic hydroxyl groups excluding tert-OH is 2. The van der Waals surface area contributed by atoms with Gasteiger partial charge in [-0.2, -0.15) is 18.2 Å². The second kappa shape index (κ2) is 11.0.